The van der Waals surface area contributed by atoms with Gasteiger partial charge in [0, 0.05) is 0 Å². The molecule has 1 saturated carbocycles. The molecule has 1 aromatic rings. The maximum absolute atomic E-state index is 6.01. The van der Waals surface area contributed by atoms with Crippen molar-refractivity contribution in [2.45, 2.75) is 52.6 Å². The fraction of sp³-hybridized carbons (Fsp3) is 0.692. The van der Waals surface area contributed by atoms with E-state index >= 15 is 0 Å². The molecule has 3 N–H and O–H groups in total. The molecule has 100 valence electrons. The van der Waals surface area contributed by atoms with E-state index in [0.717, 1.165) is 24.3 Å². The van der Waals surface area contributed by atoms with Crippen LogP contribution in [0.1, 0.15) is 44.0 Å². The highest BCUT2D eigenvalue weighted by Gasteiger charge is 2.21. The largest absolute Gasteiger partial charge is 0.474 e. The number of nitrogens with two attached hydrogens (primary N) is 1. The van der Waals surface area contributed by atoms with E-state index in [4.69, 9.17) is 10.6 Å². The Morgan fingerprint density at radius 3 is 2.44 bits per heavy atom. The van der Waals surface area contributed by atoms with Crippen molar-refractivity contribution in [2.75, 3.05) is 5.43 Å². The van der Waals surface area contributed by atoms with E-state index in [0.29, 0.717) is 17.5 Å². The van der Waals surface area contributed by atoms with Gasteiger partial charge in [-0.1, -0.05) is 6.92 Å². The first-order chi connectivity index (χ1) is 8.60. The van der Waals surface area contributed by atoms with Crippen LogP contribution in [0.5, 0.6) is 5.88 Å². The lowest BCUT2D eigenvalue weighted by Crippen LogP contribution is -2.24. The lowest BCUT2D eigenvalue weighted by molar-refractivity contribution is 0.129. The molecule has 0 bridgehead atoms. The van der Waals surface area contributed by atoms with Gasteiger partial charge in [0.1, 0.15) is 17.7 Å². The van der Waals surface area contributed by atoms with Crippen LogP contribution >= 0.6 is 0 Å². The molecule has 1 aliphatic rings. The van der Waals surface area contributed by atoms with Crippen molar-refractivity contribution in [2.24, 2.45) is 11.8 Å². The Balaban J connectivity index is 2.11. The van der Waals surface area contributed by atoms with E-state index in [9.17, 15) is 0 Å². The van der Waals surface area contributed by atoms with Crippen LogP contribution in [0.4, 0.5) is 5.82 Å². The lowest BCUT2D eigenvalue weighted by atomic mass is 9.89. The van der Waals surface area contributed by atoms with Crippen LogP contribution in [0.25, 0.3) is 0 Å². The normalized spacial score (nSPS) is 23.8. The summed E-state index contributed by atoms with van der Waals surface area (Å²) < 4.78 is 6.01. The molecule has 0 unspecified atom stereocenters. The van der Waals surface area contributed by atoms with Crippen LogP contribution in [0.3, 0.4) is 0 Å². The summed E-state index contributed by atoms with van der Waals surface area (Å²) >= 11 is 0. The van der Waals surface area contributed by atoms with Gasteiger partial charge in [0.25, 0.3) is 0 Å². The maximum atomic E-state index is 6.01. The quantitative estimate of drug-likeness (QED) is 0.636. The lowest BCUT2D eigenvalue weighted by Gasteiger charge is -2.27. The third-order valence-electron chi connectivity index (χ3n) is 3.59. The average molecular weight is 250 g/mol. The number of anilines is 1. The first-order valence-corrected chi connectivity index (χ1v) is 6.58. The summed E-state index contributed by atoms with van der Waals surface area (Å²) in [5, 5.41) is 0. The maximum Gasteiger partial charge on any atom is 0.222 e. The molecular formula is C13H22N4O. The molecule has 0 saturated heterocycles. The van der Waals surface area contributed by atoms with Crippen molar-refractivity contribution in [3.63, 3.8) is 0 Å². The van der Waals surface area contributed by atoms with Gasteiger partial charge < -0.3 is 10.2 Å². The van der Waals surface area contributed by atoms with Gasteiger partial charge in [-0.25, -0.2) is 10.8 Å². The number of nitrogens with one attached hydrogen (secondary N) is 1. The van der Waals surface area contributed by atoms with E-state index in [-0.39, 0.29) is 6.10 Å². The molecule has 5 nitrogen and oxygen atoms in total. The molecule has 1 aliphatic carbocycles. The van der Waals surface area contributed by atoms with Crippen LogP contribution < -0.4 is 16.0 Å². The molecule has 1 heterocycles. The van der Waals surface area contributed by atoms with Gasteiger partial charge in [0.15, 0.2) is 0 Å². The predicted molar refractivity (Wildman–Crippen MR) is 71.4 cm³/mol. The molecule has 0 atom stereocenters. The number of hydrogen-bond donors (Lipinski definition) is 2. The van der Waals surface area contributed by atoms with Crippen LogP contribution in [-0.4, -0.2) is 16.1 Å². The first kappa shape index (κ1) is 13.1. The molecular weight excluding hydrogens is 228 g/mol. The third kappa shape index (κ3) is 2.90. The molecule has 0 radical (unpaired) electrons. The minimum Gasteiger partial charge on any atom is -0.474 e. The summed E-state index contributed by atoms with van der Waals surface area (Å²) in [7, 11) is 0. The highest BCUT2D eigenvalue weighted by atomic mass is 16.5. The van der Waals surface area contributed by atoms with Gasteiger partial charge in [-0.3, -0.25) is 0 Å². The molecule has 0 spiro atoms. The minimum absolute atomic E-state index is 0.278. The molecule has 1 aromatic heterocycles. The Kier molecular flexibility index (Phi) is 4.01. The first-order valence-electron chi connectivity index (χ1n) is 6.58. The number of hydrazine groups is 1. The second-order valence-corrected chi connectivity index (χ2v) is 5.19. The Labute approximate surface area is 108 Å². The topological polar surface area (TPSA) is 73.1 Å². The standard InChI is InChI=1S/C13H22N4O/c1-8-4-6-11(7-5-8)18-13-9(2)12(17-14)15-10(3)16-13/h8,11H,4-7,14H2,1-3H3,(H,15,16,17). The number of nitrogen functional groups attached to an aromatic ring is 1. The Morgan fingerprint density at radius 2 is 1.83 bits per heavy atom. The summed E-state index contributed by atoms with van der Waals surface area (Å²) in [5.74, 6) is 8.24. The molecule has 0 aliphatic heterocycles. The van der Waals surface area contributed by atoms with Gasteiger partial charge in [-0.2, -0.15) is 4.98 Å². The highest BCUT2D eigenvalue weighted by Crippen LogP contribution is 2.29. The van der Waals surface area contributed by atoms with Gasteiger partial charge in [-0.15, -0.1) is 0 Å². The molecule has 18 heavy (non-hydrogen) atoms. The fourth-order valence-electron chi connectivity index (χ4n) is 2.36. The second-order valence-electron chi connectivity index (χ2n) is 5.19. The Hall–Kier alpha value is -1.36. The number of hydrogen-bond acceptors (Lipinski definition) is 5. The summed E-state index contributed by atoms with van der Waals surface area (Å²) in [6, 6.07) is 0. The third-order valence-corrected chi connectivity index (χ3v) is 3.59. The number of rotatable bonds is 3. The van der Waals surface area contributed by atoms with E-state index < -0.39 is 0 Å². The van der Waals surface area contributed by atoms with E-state index in [1.54, 1.807) is 0 Å². The van der Waals surface area contributed by atoms with Crippen molar-refractivity contribution < 1.29 is 4.74 Å². The van der Waals surface area contributed by atoms with E-state index in [1.807, 2.05) is 13.8 Å². The second kappa shape index (κ2) is 5.52. The van der Waals surface area contributed by atoms with E-state index in [2.05, 4.69) is 22.3 Å². The number of ether oxygens (including phenoxy) is 1. The van der Waals surface area contributed by atoms with Crippen molar-refractivity contribution in [1.82, 2.24) is 9.97 Å². The van der Waals surface area contributed by atoms with Gasteiger partial charge in [0.05, 0.1) is 5.56 Å². The number of aromatic nitrogens is 2. The predicted octanol–water partition coefficient (Wildman–Crippen LogP) is 2.34. The SMILES string of the molecule is Cc1nc(NN)c(C)c(OC2CCC(C)CC2)n1. The fourth-order valence-corrected chi connectivity index (χ4v) is 2.36. The van der Waals surface area contributed by atoms with Crippen LogP contribution in [0.15, 0.2) is 0 Å². The van der Waals surface area contributed by atoms with Crippen LogP contribution in [0, 0.1) is 19.8 Å². The van der Waals surface area contributed by atoms with Crippen molar-refractivity contribution in [3.05, 3.63) is 11.4 Å². The Bertz CT molecular complexity index is 414. The van der Waals surface area contributed by atoms with E-state index in [1.165, 1.54) is 12.8 Å². The summed E-state index contributed by atoms with van der Waals surface area (Å²) in [6.07, 6.45) is 4.95. The molecule has 2 rings (SSSR count). The summed E-state index contributed by atoms with van der Waals surface area (Å²) in [6.45, 7) is 6.07. The zero-order valence-corrected chi connectivity index (χ0v) is 11.4. The van der Waals surface area contributed by atoms with Crippen LogP contribution in [0.2, 0.25) is 0 Å². The monoisotopic (exact) mass is 250 g/mol. The van der Waals surface area contributed by atoms with Crippen molar-refractivity contribution in [3.8, 4) is 5.88 Å². The van der Waals surface area contributed by atoms with Crippen molar-refractivity contribution in [1.29, 1.82) is 0 Å². The summed E-state index contributed by atoms with van der Waals surface area (Å²) in [4.78, 5) is 8.60. The molecule has 1 fully saturated rings. The molecule has 0 amide bonds. The zero-order chi connectivity index (χ0) is 13.1. The van der Waals surface area contributed by atoms with Crippen LogP contribution in [-0.2, 0) is 0 Å². The minimum atomic E-state index is 0.278. The number of nitrogens with zero attached hydrogens (tertiary/aromatic N) is 2. The highest BCUT2D eigenvalue weighted by molar-refractivity contribution is 5.47. The smallest absolute Gasteiger partial charge is 0.222 e. The van der Waals surface area contributed by atoms with Gasteiger partial charge >= 0.3 is 0 Å². The zero-order valence-electron chi connectivity index (χ0n) is 11.4. The number of aryl methyl sites for hydroxylation is 1. The van der Waals surface area contributed by atoms with Crippen molar-refractivity contribution >= 4 is 5.82 Å². The average Bonchev–Trinajstić information content (AvgIpc) is 2.36. The molecule has 5 heteroatoms. The molecule has 0 aromatic carbocycles. The van der Waals surface area contributed by atoms with Gasteiger partial charge in [-0.05, 0) is 45.4 Å². The van der Waals surface area contributed by atoms with Gasteiger partial charge in [0.2, 0.25) is 5.88 Å². The summed E-state index contributed by atoms with van der Waals surface area (Å²) in [5.41, 5.74) is 3.47. The Morgan fingerprint density at radius 1 is 1.17 bits per heavy atom.